The predicted molar refractivity (Wildman–Crippen MR) is 399 cm³/mol. The fourth-order valence-electron chi connectivity index (χ4n) is 11.3. The van der Waals surface area contributed by atoms with E-state index in [1.54, 1.807) is 6.92 Å². The Hall–Kier alpha value is -10.1. The lowest BCUT2D eigenvalue weighted by Gasteiger charge is -2.27. The number of Topliss-reactive ketones (excluding diaryl/α,β-unsaturated/α-hetero) is 5. The number of nitrogens with zero attached hydrogens (tertiary/aromatic N) is 7. The molecule has 9 atom stereocenters. The average molecular weight is 1450 g/mol. The molecule has 34 N–H and O–H groups in total. The quantitative estimate of drug-likeness (QED) is 0.0128. The molecular formula is C65H112N26O10S. The Bertz CT molecular complexity index is 3180. The van der Waals surface area contributed by atoms with E-state index >= 15 is 9.59 Å². The molecule has 5 amide bonds. The van der Waals surface area contributed by atoms with Crippen molar-refractivity contribution in [2.45, 2.75) is 172 Å². The number of hydrogen-bond donors (Lipinski definition) is 20. The van der Waals surface area contributed by atoms with Gasteiger partial charge in [0, 0.05) is 120 Å². The van der Waals surface area contributed by atoms with Crippen LogP contribution in [0, 0.1) is 29.6 Å². The van der Waals surface area contributed by atoms with E-state index in [2.05, 4.69) is 68.8 Å². The van der Waals surface area contributed by atoms with Crippen molar-refractivity contribution in [3.8, 4) is 0 Å². The Balaban J connectivity index is 2.76. The summed E-state index contributed by atoms with van der Waals surface area (Å²) in [4.78, 5) is 171. The number of carbonyl (C=O) groups is 10. The van der Waals surface area contributed by atoms with Crippen LogP contribution in [0.3, 0.4) is 0 Å². The topological polar surface area (TPSA) is 696 Å². The molecule has 568 valence electrons. The lowest BCUT2D eigenvalue weighted by molar-refractivity contribution is -0.136. The number of benzene rings is 1. The number of fused-ring (bicyclic) bond motifs is 1. The van der Waals surface area contributed by atoms with Crippen LogP contribution < -0.4 is 107 Å². The molecule has 0 heterocycles. The Kier molecular flexibility index (Phi) is 42.0. The number of carbonyl (C=O) groups excluding carboxylic acids is 10. The minimum atomic E-state index is -1.37. The minimum Gasteiger partial charge on any atom is -0.370 e. The minimum absolute atomic E-state index is 0.000201. The summed E-state index contributed by atoms with van der Waals surface area (Å²) in [6.07, 6.45) is 1.78. The number of ketones is 5. The van der Waals surface area contributed by atoms with Gasteiger partial charge in [-0.1, -0.05) is 37.3 Å². The molecule has 0 spiro atoms. The zero-order chi connectivity index (χ0) is 76.3. The van der Waals surface area contributed by atoms with Crippen LogP contribution in [0.5, 0.6) is 0 Å². The third-order valence-corrected chi connectivity index (χ3v) is 17.2. The number of rotatable bonds is 55. The summed E-state index contributed by atoms with van der Waals surface area (Å²) in [7, 11) is 0. The van der Waals surface area contributed by atoms with Crippen molar-refractivity contribution in [2.75, 3.05) is 51.6 Å². The van der Waals surface area contributed by atoms with Crippen LogP contribution in [-0.4, -0.2) is 176 Å². The van der Waals surface area contributed by atoms with Gasteiger partial charge in [0.05, 0.1) is 30.1 Å². The van der Waals surface area contributed by atoms with Gasteiger partial charge in [-0.05, 0) is 113 Å². The van der Waals surface area contributed by atoms with E-state index in [4.69, 9.17) is 86.0 Å². The van der Waals surface area contributed by atoms with Gasteiger partial charge >= 0.3 is 0 Å². The standard InChI is InChI=1S/C65H112N26O10S/c1-2-44(92)30-39(13-5-23-81-59(67)68)55(98)88-46(18-9-27-85-63(75)76)50(93)32-40(14-6-24-82-60(69)70)56(99)89-47(19-10-28-86-64(77)78)51(94)33-41(15-7-25-83-61(71)72)57(100)90-48(20-11-29-87-65(79)80)52(95)34-42(16-8-26-84-62(73)74)58(101)91-49(53(96)35-43(36-102)54(66)97)31-38-22-21-37-12-3-4-17-45(37)38/h3-4,12,17,22,39-43,46-49,102H,2,5-11,13-16,18-21,23-36H2,1H3,(H2,66,97)(H,88,98)(H,89,99)(H,90,100)(H,91,101)(H4,67,68,81)(H4,69,70,82)(H4,71,72,83)(H4,73,74,84)(H4,75,76,85)(H4,77,78,86)(H4,79,80,87)/t39-,40-,41-,42-,43+,46+,47+,48+,49+/m0/s1. The highest BCUT2D eigenvalue weighted by Crippen LogP contribution is 2.32. The van der Waals surface area contributed by atoms with Crippen LogP contribution in [0.4, 0.5) is 0 Å². The van der Waals surface area contributed by atoms with E-state index in [0.29, 0.717) is 12.8 Å². The number of aliphatic imine (C=N–C) groups is 7. The fourth-order valence-corrected chi connectivity index (χ4v) is 11.6. The molecule has 0 fully saturated rings. The molecule has 36 nitrogen and oxygen atoms in total. The Morgan fingerprint density at radius 2 is 0.657 bits per heavy atom. The molecule has 1 aliphatic rings. The number of primary amides is 1. The van der Waals surface area contributed by atoms with Crippen molar-refractivity contribution in [1.82, 2.24) is 21.3 Å². The predicted octanol–water partition coefficient (Wildman–Crippen LogP) is -3.97. The van der Waals surface area contributed by atoms with Gasteiger partial charge in [-0.2, -0.15) is 12.6 Å². The largest absolute Gasteiger partial charge is 0.370 e. The van der Waals surface area contributed by atoms with E-state index < -0.39 is 126 Å². The summed E-state index contributed by atoms with van der Waals surface area (Å²) in [5, 5.41) is 11.3. The maximum Gasteiger partial charge on any atom is 0.224 e. The molecule has 0 unspecified atom stereocenters. The smallest absolute Gasteiger partial charge is 0.224 e. The van der Waals surface area contributed by atoms with Crippen LogP contribution in [0.1, 0.15) is 153 Å². The maximum absolute atomic E-state index is 15.0. The number of guanidine groups is 7. The van der Waals surface area contributed by atoms with Gasteiger partial charge in [0.1, 0.15) is 5.78 Å². The van der Waals surface area contributed by atoms with Crippen molar-refractivity contribution in [1.29, 1.82) is 0 Å². The number of allylic oxidation sites excluding steroid dienone is 1. The van der Waals surface area contributed by atoms with Crippen LogP contribution in [0.25, 0.3) is 5.57 Å². The Labute approximate surface area is 601 Å². The summed E-state index contributed by atoms with van der Waals surface area (Å²) in [6.45, 7) is 1.98. The van der Waals surface area contributed by atoms with Gasteiger partial charge in [-0.3, -0.25) is 82.9 Å². The van der Waals surface area contributed by atoms with E-state index in [0.717, 1.165) is 16.7 Å². The van der Waals surface area contributed by atoms with Crippen molar-refractivity contribution >= 4 is 118 Å². The molecule has 1 aliphatic carbocycles. The number of thiol groups is 1. The van der Waals surface area contributed by atoms with Gasteiger partial charge in [-0.25, -0.2) is 0 Å². The summed E-state index contributed by atoms with van der Waals surface area (Å²) in [6, 6.07) is 2.43. The monoisotopic (exact) mass is 1450 g/mol. The molecule has 0 radical (unpaired) electrons. The fraction of sp³-hybridized carbons (Fsp3) is 0.615. The zero-order valence-electron chi connectivity index (χ0n) is 58.6. The van der Waals surface area contributed by atoms with Gasteiger partial charge in [0.25, 0.3) is 0 Å². The summed E-state index contributed by atoms with van der Waals surface area (Å²) in [5.41, 5.74) is 87.0. The van der Waals surface area contributed by atoms with E-state index in [-0.39, 0.29) is 208 Å². The number of hydrogen-bond acceptors (Lipinski definition) is 18. The van der Waals surface area contributed by atoms with Crippen LogP contribution in [-0.2, 0) is 54.4 Å². The van der Waals surface area contributed by atoms with Gasteiger partial charge < -0.3 is 107 Å². The molecule has 0 aromatic heterocycles. The highest BCUT2D eigenvalue weighted by atomic mass is 32.1. The van der Waals surface area contributed by atoms with Crippen LogP contribution >= 0.6 is 12.6 Å². The van der Waals surface area contributed by atoms with Crippen LogP contribution in [0.15, 0.2) is 65.3 Å². The number of nitrogens with two attached hydrogens (primary N) is 15. The lowest BCUT2D eigenvalue weighted by atomic mass is 9.88. The molecule has 2 rings (SSSR count). The van der Waals surface area contributed by atoms with Crippen molar-refractivity contribution in [3.05, 3.63) is 41.5 Å². The van der Waals surface area contributed by atoms with Crippen molar-refractivity contribution in [3.63, 3.8) is 0 Å². The lowest BCUT2D eigenvalue weighted by Crippen LogP contribution is -2.49. The third kappa shape index (κ3) is 36.8. The first kappa shape index (κ1) is 88.0. The molecule has 0 saturated heterocycles. The molecule has 0 aliphatic heterocycles. The van der Waals surface area contributed by atoms with Crippen molar-refractivity contribution < 1.29 is 47.9 Å². The first-order valence-corrected chi connectivity index (χ1v) is 34.9. The number of amides is 5. The number of nitrogens with one attached hydrogen (secondary N) is 4. The zero-order valence-corrected chi connectivity index (χ0v) is 59.5. The second-order valence-corrected chi connectivity index (χ2v) is 25.4. The summed E-state index contributed by atoms with van der Waals surface area (Å²) >= 11 is 4.25. The second kappa shape index (κ2) is 48.6. The highest BCUT2D eigenvalue weighted by molar-refractivity contribution is 7.80. The van der Waals surface area contributed by atoms with Crippen molar-refractivity contribution in [2.24, 2.45) is 151 Å². The molecular weight excluding hydrogens is 1340 g/mol. The Morgan fingerprint density at radius 1 is 0.382 bits per heavy atom. The second-order valence-electron chi connectivity index (χ2n) is 25.0. The molecule has 0 bridgehead atoms. The molecule has 0 saturated carbocycles. The van der Waals surface area contributed by atoms with Gasteiger partial charge in [0.2, 0.25) is 29.5 Å². The van der Waals surface area contributed by atoms with Gasteiger partial charge in [0.15, 0.2) is 64.8 Å². The highest BCUT2D eigenvalue weighted by Gasteiger charge is 2.37. The average Bonchev–Trinajstić information content (AvgIpc) is 1.65. The van der Waals surface area contributed by atoms with Gasteiger partial charge in [-0.15, -0.1) is 0 Å². The van der Waals surface area contributed by atoms with Crippen LogP contribution in [0.2, 0.25) is 0 Å². The molecule has 102 heavy (non-hydrogen) atoms. The molecule has 1 aromatic carbocycles. The van der Waals surface area contributed by atoms with E-state index in [1.807, 2.05) is 30.3 Å². The maximum atomic E-state index is 15.0. The molecule has 1 aromatic rings. The first-order valence-electron chi connectivity index (χ1n) is 34.2. The summed E-state index contributed by atoms with van der Waals surface area (Å²) < 4.78 is 0. The summed E-state index contributed by atoms with van der Waals surface area (Å²) in [5.74, 6) is -13.3. The SMILES string of the molecule is CCC(=O)C[C@H](CCCN=C(N)N)C(=O)N[C@H](CCCN=C(N)N)C(=O)C[C@H](CCCN=C(N)N)C(=O)N[C@H](CCCN=C(N)N)C(=O)C[C@H](CCCN=C(N)N)C(=O)N[C@H](CCCN=C(N)N)C(=O)C[C@H](CCCN=C(N)N)C(=O)N[C@H](CC1=CCc2ccccc21)C(=O)C[C@H](CS)C(N)=O. The molecule has 37 heteroatoms. The Morgan fingerprint density at radius 3 is 0.951 bits per heavy atom. The third-order valence-electron chi connectivity index (χ3n) is 16.8. The first-order chi connectivity index (χ1) is 48.3. The normalized spacial score (nSPS) is 14.0. The van der Waals surface area contributed by atoms with E-state index in [1.165, 1.54) is 0 Å². The van der Waals surface area contributed by atoms with E-state index in [9.17, 15) is 38.4 Å².